The van der Waals surface area contributed by atoms with Crippen LogP contribution in [0.4, 0.5) is 0 Å². The lowest BCUT2D eigenvalue weighted by atomic mass is 10.2. The highest BCUT2D eigenvalue weighted by Gasteiger charge is 2.10. The molecule has 0 fully saturated rings. The van der Waals surface area contributed by atoms with Gasteiger partial charge < -0.3 is 20.6 Å². The molecule has 0 rings (SSSR count). The van der Waals surface area contributed by atoms with Crippen molar-refractivity contribution in [3.05, 3.63) is 12.2 Å². The highest BCUT2D eigenvalue weighted by Crippen LogP contribution is 2.33. The average molecular weight is 209 g/mol. The first-order chi connectivity index (χ1) is 5.83. The van der Waals surface area contributed by atoms with Crippen LogP contribution in [0.1, 0.15) is 6.42 Å². The first-order valence-corrected chi connectivity index (χ1v) is 5.30. The van der Waals surface area contributed by atoms with Crippen LogP contribution in [0, 0.1) is 0 Å². The Hall–Kier alpha value is -0.680. The van der Waals surface area contributed by atoms with E-state index in [-0.39, 0.29) is 12.6 Å². The van der Waals surface area contributed by atoms with E-state index in [0.717, 1.165) is 0 Å². The third-order valence-electron chi connectivity index (χ3n) is 1.22. The summed E-state index contributed by atoms with van der Waals surface area (Å²) in [7, 11) is -4.02. The van der Waals surface area contributed by atoms with Crippen LogP contribution in [0.15, 0.2) is 12.2 Å². The van der Waals surface area contributed by atoms with Gasteiger partial charge in [0.1, 0.15) is 6.04 Å². The Labute approximate surface area is 75.2 Å². The van der Waals surface area contributed by atoms with Crippen molar-refractivity contribution in [3.8, 4) is 0 Å². The van der Waals surface area contributed by atoms with E-state index in [1.165, 1.54) is 12.2 Å². The Morgan fingerprint density at radius 1 is 1.46 bits per heavy atom. The van der Waals surface area contributed by atoms with Crippen molar-refractivity contribution in [2.75, 3.05) is 6.16 Å². The van der Waals surface area contributed by atoms with Gasteiger partial charge in [-0.15, -0.1) is 0 Å². The maximum absolute atomic E-state index is 10.3. The molecule has 0 amide bonds. The van der Waals surface area contributed by atoms with Gasteiger partial charge in [-0.1, -0.05) is 12.2 Å². The number of carbonyl (C=O) groups is 1. The van der Waals surface area contributed by atoms with Crippen LogP contribution in [-0.4, -0.2) is 33.1 Å². The minimum Gasteiger partial charge on any atom is -0.480 e. The SMILES string of the molecule is NC(CC=CCP(=O)(O)O)C(=O)O. The second kappa shape index (κ2) is 5.14. The zero-order valence-electron chi connectivity index (χ0n) is 6.83. The van der Waals surface area contributed by atoms with E-state index in [9.17, 15) is 9.36 Å². The molecular formula is C6H12NO5P. The van der Waals surface area contributed by atoms with Gasteiger partial charge in [-0.25, -0.2) is 0 Å². The molecular weight excluding hydrogens is 197 g/mol. The van der Waals surface area contributed by atoms with Crippen LogP contribution in [-0.2, 0) is 9.36 Å². The van der Waals surface area contributed by atoms with E-state index in [4.69, 9.17) is 20.6 Å². The largest absolute Gasteiger partial charge is 0.480 e. The van der Waals surface area contributed by atoms with E-state index in [1.54, 1.807) is 0 Å². The summed E-state index contributed by atoms with van der Waals surface area (Å²) in [6.45, 7) is 0. The Balaban J connectivity index is 3.77. The summed E-state index contributed by atoms with van der Waals surface area (Å²) in [6.07, 6.45) is 2.25. The molecule has 76 valence electrons. The fraction of sp³-hybridized carbons (Fsp3) is 0.500. The molecule has 13 heavy (non-hydrogen) atoms. The molecule has 0 spiro atoms. The monoisotopic (exact) mass is 209 g/mol. The Morgan fingerprint density at radius 3 is 2.38 bits per heavy atom. The van der Waals surface area contributed by atoms with Crippen molar-refractivity contribution in [1.29, 1.82) is 0 Å². The molecule has 0 aromatic heterocycles. The van der Waals surface area contributed by atoms with Crippen molar-refractivity contribution < 1.29 is 24.3 Å². The fourth-order valence-electron chi connectivity index (χ4n) is 0.556. The summed E-state index contributed by atoms with van der Waals surface area (Å²) < 4.78 is 10.3. The molecule has 1 unspecified atom stereocenters. The Kier molecular flexibility index (Phi) is 4.87. The number of hydrogen-bond acceptors (Lipinski definition) is 3. The summed E-state index contributed by atoms with van der Waals surface area (Å²) in [5.41, 5.74) is 5.12. The number of aliphatic carboxylic acids is 1. The van der Waals surface area contributed by atoms with Gasteiger partial charge in [-0.05, 0) is 6.42 Å². The summed E-state index contributed by atoms with van der Waals surface area (Å²) in [6, 6.07) is -1.02. The van der Waals surface area contributed by atoms with Crippen molar-refractivity contribution in [3.63, 3.8) is 0 Å². The molecule has 0 aliphatic rings. The predicted octanol–water partition coefficient (Wildman–Crippen LogP) is -0.478. The van der Waals surface area contributed by atoms with Crippen LogP contribution in [0.3, 0.4) is 0 Å². The van der Waals surface area contributed by atoms with Gasteiger partial charge in [0.15, 0.2) is 0 Å². The third-order valence-corrected chi connectivity index (χ3v) is 1.90. The number of rotatable bonds is 5. The summed E-state index contributed by atoms with van der Waals surface area (Å²) >= 11 is 0. The van der Waals surface area contributed by atoms with E-state index in [0.29, 0.717) is 0 Å². The first kappa shape index (κ1) is 12.3. The second-order valence-electron chi connectivity index (χ2n) is 2.50. The fourth-order valence-corrected chi connectivity index (χ4v) is 0.979. The predicted molar refractivity (Wildman–Crippen MR) is 46.3 cm³/mol. The molecule has 0 saturated heterocycles. The van der Waals surface area contributed by atoms with Crippen LogP contribution in [0.25, 0.3) is 0 Å². The number of nitrogens with two attached hydrogens (primary N) is 1. The Bertz CT molecular complexity index is 245. The molecule has 0 aliphatic carbocycles. The lowest BCUT2D eigenvalue weighted by Gasteiger charge is -2.01. The number of carboxylic acid groups (broad SMARTS) is 1. The number of hydrogen-bond donors (Lipinski definition) is 4. The summed E-state index contributed by atoms with van der Waals surface area (Å²) in [4.78, 5) is 27.0. The van der Waals surface area contributed by atoms with Gasteiger partial charge in [0.25, 0.3) is 0 Å². The van der Waals surface area contributed by atoms with E-state index in [2.05, 4.69) is 0 Å². The maximum Gasteiger partial charge on any atom is 0.329 e. The normalized spacial score (nSPS) is 14.7. The zero-order chi connectivity index (χ0) is 10.5. The van der Waals surface area contributed by atoms with Gasteiger partial charge in [-0.2, -0.15) is 0 Å². The number of carboxylic acids is 1. The smallest absolute Gasteiger partial charge is 0.329 e. The molecule has 0 aliphatic heterocycles. The van der Waals surface area contributed by atoms with Crippen molar-refractivity contribution in [2.45, 2.75) is 12.5 Å². The quantitative estimate of drug-likeness (QED) is 0.358. The summed E-state index contributed by atoms with van der Waals surface area (Å²) in [5, 5.41) is 8.33. The highest BCUT2D eigenvalue weighted by atomic mass is 31.2. The molecule has 5 N–H and O–H groups in total. The van der Waals surface area contributed by atoms with Crippen LogP contribution in [0.2, 0.25) is 0 Å². The van der Waals surface area contributed by atoms with Crippen molar-refractivity contribution in [1.82, 2.24) is 0 Å². The molecule has 0 bridgehead atoms. The van der Waals surface area contributed by atoms with E-state index in [1.807, 2.05) is 0 Å². The third kappa shape index (κ3) is 7.67. The lowest BCUT2D eigenvalue weighted by Crippen LogP contribution is -2.29. The van der Waals surface area contributed by atoms with Crippen molar-refractivity contribution >= 4 is 13.6 Å². The highest BCUT2D eigenvalue weighted by molar-refractivity contribution is 7.51. The molecule has 0 saturated carbocycles. The lowest BCUT2D eigenvalue weighted by molar-refractivity contribution is -0.138. The molecule has 0 radical (unpaired) electrons. The molecule has 0 heterocycles. The minimum absolute atomic E-state index is 0.0648. The number of allylic oxidation sites excluding steroid dienone is 1. The van der Waals surface area contributed by atoms with E-state index < -0.39 is 19.6 Å². The topological polar surface area (TPSA) is 121 Å². The van der Waals surface area contributed by atoms with Gasteiger partial charge in [0.2, 0.25) is 0 Å². The van der Waals surface area contributed by atoms with Crippen LogP contribution in [0.5, 0.6) is 0 Å². The van der Waals surface area contributed by atoms with Crippen molar-refractivity contribution in [2.24, 2.45) is 5.73 Å². The van der Waals surface area contributed by atoms with Gasteiger partial charge in [0, 0.05) is 0 Å². The van der Waals surface area contributed by atoms with Gasteiger partial charge in [-0.3, -0.25) is 9.36 Å². The van der Waals surface area contributed by atoms with E-state index >= 15 is 0 Å². The summed E-state index contributed by atoms with van der Waals surface area (Å²) in [5.74, 6) is -1.14. The molecule has 7 heteroatoms. The standard InChI is InChI=1S/C6H12NO5P/c7-5(6(8)9)3-1-2-4-13(10,11)12/h1-2,5H,3-4,7H2,(H,8,9)(H2,10,11,12). The minimum atomic E-state index is -4.02. The molecule has 6 nitrogen and oxygen atoms in total. The van der Waals surface area contributed by atoms with Crippen LogP contribution >= 0.6 is 7.60 Å². The molecule has 0 aromatic rings. The molecule has 0 aromatic carbocycles. The maximum atomic E-state index is 10.3. The van der Waals surface area contributed by atoms with Gasteiger partial charge >= 0.3 is 13.6 Å². The average Bonchev–Trinajstić information content (AvgIpc) is 1.95. The van der Waals surface area contributed by atoms with Gasteiger partial charge in [0.05, 0.1) is 6.16 Å². The second-order valence-corrected chi connectivity index (χ2v) is 4.19. The first-order valence-electron chi connectivity index (χ1n) is 3.51. The Morgan fingerprint density at radius 2 is 2.00 bits per heavy atom. The zero-order valence-corrected chi connectivity index (χ0v) is 7.72. The molecule has 1 atom stereocenters. The van der Waals surface area contributed by atoms with Crippen LogP contribution < -0.4 is 5.73 Å².